The van der Waals surface area contributed by atoms with E-state index in [1.807, 2.05) is 19.2 Å². The third kappa shape index (κ3) is 3.55. The van der Waals surface area contributed by atoms with Crippen LogP contribution in [0.4, 0.5) is 11.6 Å². The van der Waals surface area contributed by atoms with Crippen molar-refractivity contribution in [1.29, 1.82) is 0 Å². The number of nitrogens with one attached hydrogen (secondary N) is 1. The summed E-state index contributed by atoms with van der Waals surface area (Å²) in [7, 11) is 1.72. The fourth-order valence-corrected chi connectivity index (χ4v) is 2.56. The van der Waals surface area contributed by atoms with Gasteiger partial charge in [-0.25, -0.2) is 4.98 Å². The lowest BCUT2D eigenvalue weighted by Gasteiger charge is -2.16. The second-order valence-electron chi connectivity index (χ2n) is 4.77. The molecule has 4 nitrogen and oxygen atoms in total. The zero-order valence-electron chi connectivity index (χ0n) is 12.4. The molecule has 1 atom stereocenters. The van der Waals surface area contributed by atoms with Crippen LogP contribution in [0, 0.1) is 6.92 Å². The zero-order valence-corrected chi connectivity index (χ0v) is 13.2. The second-order valence-corrected chi connectivity index (χ2v) is 5.65. The number of imidazole rings is 1. The molecule has 0 saturated heterocycles. The number of nitrogens with zero attached hydrogens (tertiary/aromatic N) is 2. The van der Waals surface area contributed by atoms with Crippen LogP contribution in [0.3, 0.4) is 0 Å². The van der Waals surface area contributed by atoms with Crippen molar-refractivity contribution in [2.75, 3.05) is 25.3 Å². The Hall–Kier alpha value is -1.46. The lowest BCUT2D eigenvalue weighted by molar-refractivity contribution is 0.163. The van der Waals surface area contributed by atoms with Crippen LogP contribution in [-0.2, 0) is 4.74 Å². The van der Waals surface area contributed by atoms with Gasteiger partial charge in [0, 0.05) is 23.9 Å². The maximum Gasteiger partial charge on any atom is 0.207 e. The summed E-state index contributed by atoms with van der Waals surface area (Å²) in [5, 5.41) is 3.39. The van der Waals surface area contributed by atoms with Crippen LogP contribution in [-0.4, -0.2) is 29.5 Å². The Bertz CT molecular complexity index is 568. The fourth-order valence-electron chi connectivity index (χ4n) is 2.10. The van der Waals surface area contributed by atoms with Gasteiger partial charge in [0.1, 0.15) is 0 Å². The third-order valence-corrected chi connectivity index (χ3v) is 3.79. The van der Waals surface area contributed by atoms with Gasteiger partial charge in [-0.1, -0.05) is 6.07 Å². The predicted octanol–water partition coefficient (Wildman–Crippen LogP) is 3.86. The summed E-state index contributed by atoms with van der Waals surface area (Å²) in [5.41, 5.74) is 2.05. The number of anilines is 2. The van der Waals surface area contributed by atoms with Crippen LogP contribution in [0.1, 0.15) is 18.7 Å². The van der Waals surface area contributed by atoms with Crippen LogP contribution in [0.15, 0.2) is 35.4 Å². The highest BCUT2D eigenvalue weighted by atomic mass is 32.2. The molecule has 5 heteroatoms. The maximum atomic E-state index is 5.23. The first kappa shape index (κ1) is 14.9. The first-order valence-electron chi connectivity index (χ1n) is 6.59. The summed E-state index contributed by atoms with van der Waals surface area (Å²) in [6.45, 7) is 4.78. The van der Waals surface area contributed by atoms with Crippen molar-refractivity contribution >= 4 is 23.4 Å². The van der Waals surface area contributed by atoms with E-state index in [1.165, 1.54) is 4.90 Å². The van der Waals surface area contributed by atoms with Gasteiger partial charge in [-0.15, -0.1) is 11.8 Å². The number of hydrogen-bond acceptors (Lipinski definition) is 4. The summed E-state index contributed by atoms with van der Waals surface area (Å²) in [6.07, 6.45) is 4.12. The highest BCUT2D eigenvalue weighted by Crippen LogP contribution is 2.24. The first-order chi connectivity index (χ1) is 9.63. The molecule has 0 aliphatic heterocycles. The molecule has 20 heavy (non-hydrogen) atoms. The minimum atomic E-state index is 0.243. The molecule has 0 fully saturated rings. The summed E-state index contributed by atoms with van der Waals surface area (Å²) >= 11 is 1.73. The van der Waals surface area contributed by atoms with Gasteiger partial charge in [-0.3, -0.25) is 0 Å². The van der Waals surface area contributed by atoms with E-state index in [0.29, 0.717) is 6.61 Å². The number of methoxy groups -OCH3 is 1. The summed E-state index contributed by atoms with van der Waals surface area (Å²) in [6, 6.07) is 8.57. The molecule has 1 unspecified atom stereocenters. The Balaban J connectivity index is 2.24. The van der Waals surface area contributed by atoms with Gasteiger partial charge in [-0.2, -0.15) is 0 Å². The monoisotopic (exact) mass is 291 g/mol. The van der Waals surface area contributed by atoms with Crippen molar-refractivity contribution in [3.8, 4) is 0 Å². The molecule has 0 spiro atoms. The van der Waals surface area contributed by atoms with Gasteiger partial charge in [0.15, 0.2) is 0 Å². The number of thioether (sulfide) groups is 1. The van der Waals surface area contributed by atoms with E-state index in [4.69, 9.17) is 4.74 Å². The number of aryl methyl sites for hydroxylation is 1. The number of hydrogen-bond donors (Lipinski definition) is 1. The number of benzene rings is 1. The topological polar surface area (TPSA) is 39.1 Å². The number of aromatic nitrogens is 2. The van der Waals surface area contributed by atoms with Crippen molar-refractivity contribution < 1.29 is 4.74 Å². The van der Waals surface area contributed by atoms with Crippen LogP contribution in [0.5, 0.6) is 0 Å². The van der Waals surface area contributed by atoms with Gasteiger partial charge in [0.2, 0.25) is 5.95 Å². The van der Waals surface area contributed by atoms with E-state index >= 15 is 0 Å². The van der Waals surface area contributed by atoms with Crippen molar-refractivity contribution in [1.82, 2.24) is 9.55 Å². The zero-order chi connectivity index (χ0) is 14.5. The largest absolute Gasteiger partial charge is 0.383 e. The quantitative estimate of drug-likeness (QED) is 0.820. The molecule has 0 saturated carbocycles. The number of ether oxygens (including phenoxy) is 1. The summed E-state index contributed by atoms with van der Waals surface area (Å²) in [5.74, 6) is 0.852. The highest BCUT2D eigenvalue weighted by molar-refractivity contribution is 7.98. The van der Waals surface area contributed by atoms with Gasteiger partial charge in [0.25, 0.3) is 0 Å². The SMILES string of the molecule is COCC(C)n1cc(C)nc1Nc1cccc(SC)c1. The summed E-state index contributed by atoms with van der Waals surface area (Å²) < 4.78 is 7.34. The van der Waals surface area contributed by atoms with Crippen molar-refractivity contribution in [2.24, 2.45) is 0 Å². The van der Waals surface area contributed by atoms with E-state index in [0.717, 1.165) is 17.3 Å². The van der Waals surface area contributed by atoms with E-state index in [-0.39, 0.29) is 6.04 Å². The Labute approximate surface area is 124 Å². The van der Waals surface area contributed by atoms with Crippen LogP contribution < -0.4 is 5.32 Å². The molecule has 1 aromatic carbocycles. The van der Waals surface area contributed by atoms with E-state index < -0.39 is 0 Å². The smallest absolute Gasteiger partial charge is 0.207 e. The Kier molecular flexibility index (Phi) is 5.09. The van der Waals surface area contributed by atoms with Crippen molar-refractivity contribution in [2.45, 2.75) is 24.8 Å². The first-order valence-corrected chi connectivity index (χ1v) is 7.82. The Morgan fingerprint density at radius 1 is 1.45 bits per heavy atom. The lowest BCUT2D eigenvalue weighted by atomic mass is 10.3. The second kappa shape index (κ2) is 6.81. The lowest BCUT2D eigenvalue weighted by Crippen LogP contribution is -2.12. The van der Waals surface area contributed by atoms with Crippen LogP contribution in [0.25, 0.3) is 0 Å². The molecule has 0 amide bonds. The normalized spacial score (nSPS) is 12.4. The molecule has 108 valence electrons. The van der Waals surface area contributed by atoms with E-state index in [1.54, 1.807) is 18.9 Å². The molecule has 0 aliphatic carbocycles. The predicted molar refractivity (Wildman–Crippen MR) is 85.1 cm³/mol. The van der Waals surface area contributed by atoms with E-state index in [2.05, 4.69) is 46.2 Å². The van der Waals surface area contributed by atoms with Crippen LogP contribution >= 0.6 is 11.8 Å². The minimum Gasteiger partial charge on any atom is -0.383 e. The average Bonchev–Trinajstić information content (AvgIpc) is 2.80. The maximum absolute atomic E-state index is 5.23. The van der Waals surface area contributed by atoms with Gasteiger partial charge in [-0.05, 0) is 38.3 Å². The molecule has 1 aromatic heterocycles. The Morgan fingerprint density at radius 3 is 2.95 bits per heavy atom. The molecule has 1 N–H and O–H groups in total. The van der Waals surface area contributed by atoms with Gasteiger partial charge >= 0.3 is 0 Å². The molecule has 2 rings (SSSR count). The van der Waals surface area contributed by atoms with Gasteiger partial charge in [0.05, 0.1) is 18.3 Å². The molecule has 0 aliphatic rings. The summed E-state index contributed by atoms with van der Waals surface area (Å²) in [4.78, 5) is 5.79. The standard InChI is InChI=1S/C15H21N3OS/c1-11-9-18(12(2)10-19-3)15(16-11)17-13-6-5-7-14(8-13)20-4/h5-9,12H,10H2,1-4H3,(H,16,17). The van der Waals surface area contributed by atoms with Crippen LogP contribution in [0.2, 0.25) is 0 Å². The van der Waals surface area contributed by atoms with Crippen molar-refractivity contribution in [3.05, 3.63) is 36.2 Å². The molecule has 0 bridgehead atoms. The average molecular weight is 291 g/mol. The number of rotatable bonds is 6. The highest BCUT2D eigenvalue weighted by Gasteiger charge is 2.12. The van der Waals surface area contributed by atoms with Crippen molar-refractivity contribution in [3.63, 3.8) is 0 Å². The third-order valence-electron chi connectivity index (χ3n) is 3.06. The van der Waals surface area contributed by atoms with Gasteiger partial charge < -0.3 is 14.6 Å². The molecular formula is C15H21N3OS. The molecule has 0 radical (unpaired) electrons. The molecule has 1 heterocycles. The molecule has 2 aromatic rings. The molecular weight excluding hydrogens is 270 g/mol. The van der Waals surface area contributed by atoms with E-state index in [9.17, 15) is 0 Å². The minimum absolute atomic E-state index is 0.243. The Morgan fingerprint density at radius 2 is 2.25 bits per heavy atom. The fraction of sp³-hybridized carbons (Fsp3) is 0.400.